The maximum absolute atomic E-state index is 14.2. The van der Waals surface area contributed by atoms with E-state index in [1.807, 2.05) is 54.6 Å². The molecule has 1 fully saturated rings. The van der Waals surface area contributed by atoms with Crippen LogP contribution in [0.15, 0.2) is 66.7 Å². The van der Waals surface area contributed by atoms with Crippen molar-refractivity contribution in [3.05, 3.63) is 77.9 Å². The predicted molar refractivity (Wildman–Crippen MR) is 179 cm³/mol. The number of esters is 1. The van der Waals surface area contributed by atoms with Crippen molar-refractivity contribution in [1.29, 1.82) is 0 Å². The molecule has 0 spiro atoms. The van der Waals surface area contributed by atoms with Crippen LogP contribution < -0.4 is 4.74 Å². The van der Waals surface area contributed by atoms with Gasteiger partial charge in [-0.05, 0) is 49.4 Å². The number of rotatable bonds is 9. The van der Waals surface area contributed by atoms with Gasteiger partial charge < -0.3 is 37.9 Å². The normalized spacial score (nSPS) is 34.7. The SMILES string of the molecule is COc1ccc(CO[C@H]2[C@@H](C)[C@H]3O[C@](OC)([C@H](C)C(=O)O[C@@H](c4ccccc4)CCCCC(OC)[C@H](OC)/C=C/[C@@H]3C)[C@@H]2OC)cc1. The molecule has 2 aliphatic rings. The number of ether oxygens (including phenoxy) is 8. The first-order valence-corrected chi connectivity index (χ1v) is 16.7. The van der Waals surface area contributed by atoms with Crippen molar-refractivity contribution < 1.29 is 42.7 Å². The Labute approximate surface area is 280 Å². The lowest BCUT2D eigenvalue weighted by Gasteiger charge is -2.54. The van der Waals surface area contributed by atoms with Crippen LogP contribution in [0, 0.1) is 17.8 Å². The average molecular weight is 655 g/mol. The molecule has 2 aromatic carbocycles. The molecule has 10 atom stereocenters. The summed E-state index contributed by atoms with van der Waals surface area (Å²) in [6.45, 7) is 6.31. The van der Waals surface area contributed by atoms with E-state index in [4.69, 9.17) is 37.9 Å². The first kappa shape index (κ1) is 37.0. The lowest BCUT2D eigenvalue weighted by molar-refractivity contribution is -0.373. The van der Waals surface area contributed by atoms with Gasteiger partial charge in [0, 0.05) is 40.3 Å². The van der Waals surface area contributed by atoms with E-state index in [0.717, 1.165) is 36.1 Å². The van der Waals surface area contributed by atoms with Gasteiger partial charge in [0.05, 0.1) is 32.0 Å². The van der Waals surface area contributed by atoms with Gasteiger partial charge >= 0.3 is 5.97 Å². The summed E-state index contributed by atoms with van der Waals surface area (Å²) in [4.78, 5) is 14.2. The largest absolute Gasteiger partial charge is 0.497 e. The van der Waals surface area contributed by atoms with Crippen molar-refractivity contribution in [2.45, 2.75) is 95.5 Å². The van der Waals surface area contributed by atoms with Gasteiger partial charge in [0.25, 0.3) is 0 Å². The fourth-order valence-electron chi connectivity index (χ4n) is 7.01. The summed E-state index contributed by atoms with van der Waals surface area (Å²) in [7, 11) is 8.23. The second-order valence-electron chi connectivity index (χ2n) is 12.7. The number of fused-ring (bicyclic) bond motifs is 2. The number of carbonyl (C=O) groups excluding carboxylic acids is 1. The molecule has 2 bridgehead atoms. The molecule has 9 heteroatoms. The highest BCUT2D eigenvalue weighted by molar-refractivity contribution is 5.74. The summed E-state index contributed by atoms with van der Waals surface area (Å²) in [6.07, 6.45) is 4.93. The Balaban J connectivity index is 1.75. The van der Waals surface area contributed by atoms with Crippen LogP contribution in [-0.2, 0) is 44.6 Å². The molecular weight excluding hydrogens is 600 g/mol. The van der Waals surface area contributed by atoms with Crippen molar-refractivity contribution in [2.75, 3.05) is 35.5 Å². The Morgan fingerprint density at radius 2 is 1.53 bits per heavy atom. The molecular formula is C38H54O9. The van der Waals surface area contributed by atoms with Gasteiger partial charge in [-0.1, -0.05) is 74.9 Å². The summed E-state index contributed by atoms with van der Waals surface area (Å²) in [5.74, 6) is -2.24. The van der Waals surface area contributed by atoms with Crippen LogP contribution >= 0.6 is 0 Å². The zero-order valence-corrected chi connectivity index (χ0v) is 29.3. The van der Waals surface area contributed by atoms with Crippen molar-refractivity contribution >= 4 is 5.97 Å². The van der Waals surface area contributed by atoms with Crippen LogP contribution in [0.2, 0.25) is 0 Å². The van der Waals surface area contributed by atoms with Gasteiger partial charge in [-0.25, -0.2) is 0 Å². The minimum absolute atomic E-state index is 0.104. The molecule has 260 valence electrons. The first-order chi connectivity index (χ1) is 22.7. The molecule has 9 nitrogen and oxygen atoms in total. The minimum Gasteiger partial charge on any atom is -0.497 e. The number of cyclic esters (lactones) is 1. The third kappa shape index (κ3) is 8.63. The van der Waals surface area contributed by atoms with E-state index in [2.05, 4.69) is 26.0 Å². The van der Waals surface area contributed by atoms with E-state index >= 15 is 0 Å². The minimum atomic E-state index is -1.50. The molecule has 2 heterocycles. The zero-order chi connectivity index (χ0) is 34.0. The summed E-state index contributed by atoms with van der Waals surface area (Å²) in [5.41, 5.74) is 1.92. The molecule has 1 saturated heterocycles. The van der Waals surface area contributed by atoms with Gasteiger partial charge in [0.1, 0.15) is 30.0 Å². The smallest absolute Gasteiger partial charge is 0.314 e. The Morgan fingerprint density at radius 3 is 2.15 bits per heavy atom. The third-order valence-electron chi connectivity index (χ3n) is 9.88. The number of carbonyl (C=O) groups is 1. The molecule has 47 heavy (non-hydrogen) atoms. The van der Waals surface area contributed by atoms with Crippen molar-refractivity contribution in [3.8, 4) is 5.75 Å². The topological polar surface area (TPSA) is 90.9 Å². The molecule has 0 amide bonds. The maximum atomic E-state index is 14.2. The third-order valence-corrected chi connectivity index (χ3v) is 9.88. The van der Waals surface area contributed by atoms with Crippen molar-refractivity contribution in [3.63, 3.8) is 0 Å². The number of methoxy groups -OCH3 is 5. The Kier molecular flexibility index (Phi) is 13.8. The lowest BCUT2D eigenvalue weighted by Crippen LogP contribution is -2.68. The Bertz CT molecular complexity index is 1250. The van der Waals surface area contributed by atoms with Crippen LogP contribution in [-0.4, -0.2) is 77.8 Å². The van der Waals surface area contributed by atoms with Gasteiger partial charge in [-0.15, -0.1) is 0 Å². The van der Waals surface area contributed by atoms with Crippen LogP contribution in [0.1, 0.15) is 63.7 Å². The van der Waals surface area contributed by atoms with Crippen LogP contribution in [0.3, 0.4) is 0 Å². The molecule has 2 aliphatic heterocycles. The molecule has 0 N–H and O–H groups in total. The fourth-order valence-corrected chi connectivity index (χ4v) is 7.01. The van der Waals surface area contributed by atoms with Gasteiger partial charge in [-0.3, -0.25) is 4.79 Å². The van der Waals surface area contributed by atoms with Gasteiger partial charge in [-0.2, -0.15) is 0 Å². The van der Waals surface area contributed by atoms with Crippen LogP contribution in [0.25, 0.3) is 0 Å². The molecule has 2 aromatic rings. The lowest BCUT2D eigenvalue weighted by atomic mass is 9.77. The van der Waals surface area contributed by atoms with E-state index in [-0.39, 0.29) is 24.0 Å². The molecule has 0 saturated carbocycles. The molecule has 1 unspecified atom stereocenters. The second kappa shape index (κ2) is 17.6. The van der Waals surface area contributed by atoms with E-state index in [9.17, 15) is 4.79 Å². The predicted octanol–water partition coefficient (Wildman–Crippen LogP) is 6.69. The number of hydrogen-bond acceptors (Lipinski definition) is 9. The Morgan fingerprint density at radius 1 is 0.830 bits per heavy atom. The summed E-state index contributed by atoms with van der Waals surface area (Å²) in [6, 6.07) is 17.6. The molecule has 0 aliphatic carbocycles. The summed E-state index contributed by atoms with van der Waals surface area (Å²) < 4.78 is 49.5. The van der Waals surface area contributed by atoms with Crippen molar-refractivity contribution in [2.24, 2.45) is 17.8 Å². The van der Waals surface area contributed by atoms with E-state index in [1.54, 1.807) is 42.5 Å². The monoisotopic (exact) mass is 654 g/mol. The molecule has 0 radical (unpaired) electrons. The number of benzene rings is 2. The quantitative estimate of drug-likeness (QED) is 0.217. The second-order valence-corrected chi connectivity index (χ2v) is 12.7. The highest BCUT2D eigenvalue weighted by Crippen LogP contribution is 2.45. The van der Waals surface area contributed by atoms with E-state index in [0.29, 0.717) is 13.0 Å². The van der Waals surface area contributed by atoms with Crippen LogP contribution in [0.4, 0.5) is 0 Å². The highest BCUT2D eigenvalue weighted by atomic mass is 16.7. The molecule has 0 aromatic heterocycles. The Hall–Kier alpha value is -2.79. The summed E-state index contributed by atoms with van der Waals surface area (Å²) in [5, 5.41) is 0. The number of hydrogen-bond donors (Lipinski definition) is 0. The van der Waals surface area contributed by atoms with Gasteiger partial charge in [0.2, 0.25) is 5.79 Å². The highest BCUT2D eigenvalue weighted by Gasteiger charge is 2.60. The van der Waals surface area contributed by atoms with Crippen LogP contribution in [0.5, 0.6) is 5.75 Å². The fraction of sp³-hybridized carbons (Fsp3) is 0.605. The van der Waals surface area contributed by atoms with E-state index < -0.39 is 42.1 Å². The zero-order valence-electron chi connectivity index (χ0n) is 29.3. The van der Waals surface area contributed by atoms with E-state index in [1.165, 1.54) is 0 Å². The summed E-state index contributed by atoms with van der Waals surface area (Å²) >= 11 is 0. The standard InChI is InChI=1S/C38H54O9/c1-25-18-23-33(42-6)32(41-5)17-13-12-16-31(29-14-10-9-11-15-29)46-37(39)27(3)38(44-8)36(43-7)35(26(2)34(25)47-38)45-24-28-19-21-30(40-4)22-20-28/h9-11,14-15,18-23,25-27,31-36H,12-13,16-17,24H2,1-8H3/b23-18+/t25-,26-,27+,31+,32?,33+,34-,35-,36+,38+/m0/s1. The maximum Gasteiger partial charge on any atom is 0.314 e. The van der Waals surface area contributed by atoms with Gasteiger partial charge in [0.15, 0.2) is 0 Å². The first-order valence-electron chi connectivity index (χ1n) is 16.7. The van der Waals surface area contributed by atoms with Crippen molar-refractivity contribution in [1.82, 2.24) is 0 Å². The molecule has 4 rings (SSSR count). The average Bonchev–Trinajstić information content (AvgIpc) is 3.10.